The molecule has 108 valence electrons. The van der Waals surface area contributed by atoms with E-state index in [1.54, 1.807) is 25.1 Å². The Morgan fingerprint density at radius 1 is 1.33 bits per heavy atom. The van der Waals surface area contributed by atoms with Crippen molar-refractivity contribution in [2.24, 2.45) is 0 Å². The highest BCUT2D eigenvalue weighted by molar-refractivity contribution is 5.55. The summed E-state index contributed by atoms with van der Waals surface area (Å²) in [6, 6.07) is 10.1. The maximum atomic E-state index is 13.7. The van der Waals surface area contributed by atoms with Crippen molar-refractivity contribution >= 4 is 11.4 Å². The minimum atomic E-state index is -0.390. The van der Waals surface area contributed by atoms with Crippen LogP contribution in [0.1, 0.15) is 29.2 Å². The lowest BCUT2D eigenvalue weighted by molar-refractivity contribution is -0.385. The van der Waals surface area contributed by atoms with Crippen molar-refractivity contribution in [3.05, 3.63) is 69.0 Å². The molecule has 0 radical (unpaired) electrons. The lowest BCUT2D eigenvalue weighted by Gasteiger charge is -2.16. The fourth-order valence-electron chi connectivity index (χ4n) is 2.91. The molecule has 5 heteroatoms. The Morgan fingerprint density at radius 2 is 2.14 bits per heavy atom. The summed E-state index contributed by atoms with van der Waals surface area (Å²) in [5, 5.41) is 14.2. The molecule has 4 nitrogen and oxygen atoms in total. The van der Waals surface area contributed by atoms with Crippen LogP contribution in [-0.2, 0) is 6.42 Å². The third-order valence-corrected chi connectivity index (χ3v) is 3.95. The normalized spacial score (nSPS) is 16.6. The summed E-state index contributed by atoms with van der Waals surface area (Å²) in [4.78, 5) is 10.4. The third-order valence-electron chi connectivity index (χ3n) is 3.95. The van der Waals surface area contributed by atoms with Crippen LogP contribution in [0.3, 0.4) is 0 Å². The molecule has 2 aromatic rings. The highest BCUT2D eigenvalue weighted by Crippen LogP contribution is 2.35. The van der Waals surface area contributed by atoms with E-state index in [9.17, 15) is 14.5 Å². The SMILES string of the molecule is Cc1cc(NC2CCc3c(F)cccc32)ccc1[N+](=O)[O-]. The number of nitro benzene ring substituents is 1. The van der Waals surface area contributed by atoms with E-state index >= 15 is 0 Å². The Morgan fingerprint density at radius 3 is 2.86 bits per heavy atom. The highest BCUT2D eigenvalue weighted by atomic mass is 19.1. The fraction of sp³-hybridized carbons (Fsp3) is 0.250. The zero-order valence-corrected chi connectivity index (χ0v) is 11.6. The predicted molar refractivity (Wildman–Crippen MR) is 78.9 cm³/mol. The maximum Gasteiger partial charge on any atom is 0.272 e. The van der Waals surface area contributed by atoms with E-state index in [1.807, 2.05) is 6.07 Å². The van der Waals surface area contributed by atoms with Gasteiger partial charge >= 0.3 is 0 Å². The number of nitrogens with one attached hydrogen (secondary N) is 1. The molecule has 0 spiro atoms. The number of hydrogen-bond donors (Lipinski definition) is 1. The Balaban J connectivity index is 1.85. The van der Waals surface area contributed by atoms with Gasteiger partial charge in [0.15, 0.2) is 0 Å². The molecule has 0 heterocycles. The first-order valence-corrected chi connectivity index (χ1v) is 6.85. The quantitative estimate of drug-likeness (QED) is 0.681. The topological polar surface area (TPSA) is 55.2 Å². The number of rotatable bonds is 3. The maximum absolute atomic E-state index is 13.7. The van der Waals surface area contributed by atoms with E-state index in [0.717, 1.165) is 23.2 Å². The standard InChI is InChI=1S/C16H15FN2O2/c1-10-9-11(5-8-16(10)19(20)21)18-15-7-6-12-13(15)3-2-4-14(12)17/h2-5,8-9,15,18H,6-7H2,1H3. The number of nitrogens with zero attached hydrogens (tertiary/aromatic N) is 1. The first-order chi connectivity index (χ1) is 10.1. The molecule has 1 N–H and O–H groups in total. The van der Waals surface area contributed by atoms with Crippen LogP contribution in [0.25, 0.3) is 0 Å². The van der Waals surface area contributed by atoms with Crippen LogP contribution in [0.5, 0.6) is 0 Å². The molecule has 1 atom stereocenters. The van der Waals surface area contributed by atoms with E-state index in [0.29, 0.717) is 12.0 Å². The number of fused-ring (bicyclic) bond motifs is 1. The Labute approximate surface area is 121 Å². The van der Waals surface area contributed by atoms with Gasteiger partial charge in [-0.15, -0.1) is 0 Å². The summed E-state index contributed by atoms with van der Waals surface area (Å²) in [6.45, 7) is 1.71. The number of nitro groups is 1. The van der Waals surface area contributed by atoms with Gasteiger partial charge in [-0.3, -0.25) is 10.1 Å². The van der Waals surface area contributed by atoms with Crippen molar-refractivity contribution in [2.45, 2.75) is 25.8 Å². The Hall–Kier alpha value is -2.43. The van der Waals surface area contributed by atoms with Gasteiger partial charge in [-0.25, -0.2) is 4.39 Å². The van der Waals surface area contributed by atoms with E-state index in [2.05, 4.69) is 5.32 Å². The zero-order chi connectivity index (χ0) is 15.0. The second-order valence-electron chi connectivity index (χ2n) is 5.30. The van der Waals surface area contributed by atoms with Crippen molar-refractivity contribution < 1.29 is 9.31 Å². The van der Waals surface area contributed by atoms with Gasteiger partial charge in [0.1, 0.15) is 5.82 Å². The van der Waals surface area contributed by atoms with Crippen LogP contribution in [0, 0.1) is 22.9 Å². The van der Waals surface area contributed by atoms with Crippen LogP contribution in [0.15, 0.2) is 36.4 Å². The molecular weight excluding hydrogens is 271 g/mol. The number of aryl methyl sites for hydroxylation is 1. The molecule has 0 bridgehead atoms. The summed E-state index contributed by atoms with van der Waals surface area (Å²) in [5.74, 6) is -0.156. The number of hydrogen-bond acceptors (Lipinski definition) is 3. The molecule has 0 aliphatic heterocycles. The number of benzene rings is 2. The molecule has 0 saturated heterocycles. The van der Waals surface area contributed by atoms with Gasteiger partial charge < -0.3 is 5.32 Å². The molecule has 1 aliphatic rings. The van der Waals surface area contributed by atoms with Crippen molar-refractivity contribution in [1.29, 1.82) is 0 Å². The minimum Gasteiger partial charge on any atom is -0.378 e. The third kappa shape index (κ3) is 2.46. The smallest absolute Gasteiger partial charge is 0.272 e. The molecule has 0 saturated carbocycles. The zero-order valence-electron chi connectivity index (χ0n) is 11.6. The summed E-state index contributed by atoms with van der Waals surface area (Å²) >= 11 is 0. The minimum absolute atomic E-state index is 0.0524. The van der Waals surface area contributed by atoms with Gasteiger partial charge in [0, 0.05) is 17.3 Å². The lowest BCUT2D eigenvalue weighted by atomic mass is 10.1. The Bertz CT molecular complexity index is 715. The van der Waals surface area contributed by atoms with Crippen molar-refractivity contribution in [2.75, 3.05) is 5.32 Å². The van der Waals surface area contributed by atoms with E-state index in [-0.39, 0.29) is 22.5 Å². The summed E-state index contributed by atoms with van der Waals surface area (Å²) in [7, 11) is 0. The summed E-state index contributed by atoms with van der Waals surface area (Å²) in [5.41, 5.74) is 3.29. The first-order valence-electron chi connectivity index (χ1n) is 6.85. The summed E-state index contributed by atoms with van der Waals surface area (Å²) in [6.07, 6.45) is 1.54. The largest absolute Gasteiger partial charge is 0.378 e. The van der Waals surface area contributed by atoms with Gasteiger partial charge in [0.25, 0.3) is 5.69 Å². The average Bonchev–Trinajstić information content (AvgIpc) is 2.83. The first kappa shape index (κ1) is 13.5. The Kier molecular flexibility index (Phi) is 3.33. The van der Waals surface area contributed by atoms with Gasteiger partial charge in [-0.1, -0.05) is 12.1 Å². The fourth-order valence-corrected chi connectivity index (χ4v) is 2.91. The average molecular weight is 286 g/mol. The second kappa shape index (κ2) is 5.16. The van der Waals surface area contributed by atoms with E-state index in [4.69, 9.17) is 0 Å². The predicted octanol–water partition coefficient (Wildman–Crippen LogP) is 4.14. The monoisotopic (exact) mass is 286 g/mol. The molecular formula is C16H15FN2O2. The molecule has 3 rings (SSSR count). The molecule has 1 unspecified atom stereocenters. The number of anilines is 1. The molecule has 21 heavy (non-hydrogen) atoms. The number of halogens is 1. The lowest BCUT2D eigenvalue weighted by Crippen LogP contribution is -2.07. The van der Waals surface area contributed by atoms with Crippen LogP contribution in [0.2, 0.25) is 0 Å². The van der Waals surface area contributed by atoms with Crippen LogP contribution >= 0.6 is 0 Å². The van der Waals surface area contributed by atoms with Crippen LogP contribution in [0.4, 0.5) is 15.8 Å². The van der Waals surface area contributed by atoms with Gasteiger partial charge in [0.2, 0.25) is 0 Å². The van der Waals surface area contributed by atoms with Crippen LogP contribution < -0.4 is 5.32 Å². The van der Waals surface area contributed by atoms with E-state index < -0.39 is 0 Å². The van der Waals surface area contributed by atoms with Crippen molar-refractivity contribution in [3.8, 4) is 0 Å². The molecule has 0 fully saturated rings. The van der Waals surface area contributed by atoms with Gasteiger partial charge in [0.05, 0.1) is 11.0 Å². The highest BCUT2D eigenvalue weighted by Gasteiger charge is 2.24. The second-order valence-corrected chi connectivity index (χ2v) is 5.30. The van der Waals surface area contributed by atoms with Crippen molar-refractivity contribution in [3.63, 3.8) is 0 Å². The molecule has 0 aromatic heterocycles. The van der Waals surface area contributed by atoms with Crippen LogP contribution in [-0.4, -0.2) is 4.92 Å². The van der Waals surface area contributed by atoms with Crippen molar-refractivity contribution in [1.82, 2.24) is 0 Å². The summed E-state index contributed by atoms with van der Waals surface area (Å²) < 4.78 is 13.7. The molecule has 2 aromatic carbocycles. The van der Waals surface area contributed by atoms with E-state index in [1.165, 1.54) is 12.1 Å². The van der Waals surface area contributed by atoms with Gasteiger partial charge in [-0.2, -0.15) is 0 Å². The van der Waals surface area contributed by atoms with Gasteiger partial charge in [-0.05, 0) is 49.1 Å². The molecule has 0 amide bonds. The molecule has 1 aliphatic carbocycles.